The predicted octanol–water partition coefficient (Wildman–Crippen LogP) is -0.793. The molecule has 60 valence electrons. The van der Waals surface area contributed by atoms with E-state index in [0.717, 1.165) is 0 Å². The maximum atomic E-state index is 11.5. The van der Waals surface area contributed by atoms with Crippen LogP contribution in [0.3, 0.4) is 0 Å². The van der Waals surface area contributed by atoms with E-state index in [2.05, 4.69) is 0 Å². The van der Waals surface area contributed by atoms with Crippen molar-refractivity contribution in [2.24, 2.45) is 0 Å². The summed E-state index contributed by atoms with van der Waals surface area (Å²) in [6.45, 7) is -4.63. The van der Waals surface area contributed by atoms with E-state index < -0.39 is 13.3 Å². The molecular weight excluding hydrogens is 183 g/mol. The number of hydrogen-bond donors (Lipinski definition) is 0. The molecule has 0 rings (SSSR count). The molecule has 6 heteroatoms. The molecule has 0 atom stereocenters. The molecule has 0 aliphatic carbocycles. The minimum absolute atomic E-state index is 0. The largest absolute Gasteiger partial charge is 1.00 e. The SMILES string of the molecule is O=CCCCC[B-](F)(F)F.[K+]. The predicted molar refractivity (Wildman–Crippen MR) is 33.8 cm³/mol. The van der Waals surface area contributed by atoms with Crippen molar-refractivity contribution in [1.82, 2.24) is 0 Å². The third-order valence-electron chi connectivity index (χ3n) is 1.10. The van der Waals surface area contributed by atoms with E-state index in [1.54, 1.807) is 0 Å². The molecule has 0 saturated heterocycles. The molecule has 0 N–H and O–H groups in total. The zero-order valence-electron chi connectivity index (χ0n) is 6.53. The Morgan fingerprint density at radius 2 is 1.73 bits per heavy atom. The van der Waals surface area contributed by atoms with Gasteiger partial charge in [0, 0.05) is 6.42 Å². The summed E-state index contributed by atoms with van der Waals surface area (Å²) in [4.78, 5) is 9.65. The molecule has 11 heavy (non-hydrogen) atoms. The van der Waals surface area contributed by atoms with Crippen LogP contribution in [0.1, 0.15) is 19.3 Å². The molecule has 0 spiro atoms. The van der Waals surface area contributed by atoms with Gasteiger partial charge in [0.1, 0.15) is 6.29 Å². The Morgan fingerprint density at radius 1 is 1.18 bits per heavy atom. The van der Waals surface area contributed by atoms with Gasteiger partial charge in [0.2, 0.25) is 0 Å². The summed E-state index contributed by atoms with van der Waals surface area (Å²) in [5, 5.41) is 0. The summed E-state index contributed by atoms with van der Waals surface area (Å²) in [5.74, 6) is 0. The fourth-order valence-electron chi connectivity index (χ4n) is 0.603. The van der Waals surface area contributed by atoms with E-state index in [9.17, 15) is 17.7 Å². The van der Waals surface area contributed by atoms with Crippen molar-refractivity contribution >= 4 is 13.3 Å². The molecule has 0 fully saturated rings. The van der Waals surface area contributed by atoms with Gasteiger partial charge >= 0.3 is 58.4 Å². The molecule has 0 heterocycles. The van der Waals surface area contributed by atoms with Crippen molar-refractivity contribution in [3.05, 3.63) is 0 Å². The molecule has 0 bridgehead atoms. The molecule has 0 aromatic carbocycles. The quantitative estimate of drug-likeness (QED) is 0.317. The Kier molecular flexibility index (Phi) is 10.4. The molecule has 0 aliphatic rings. The summed E-state index contributed by atoms with van der Waals surface area (Å²) < 4.78 is 34.4. The second-order valence-electron chi connectivity index (χ2n) is 2.16. The summed E-state index contributed by atoms with van der Waals surface area (Å²) in [6, 6.07) is 0. The number of rotatable bonds is 5. The number of carbonyl (C=O) groups is 1. The molecule has 0 saturated carbocycles. The Hall–Kier alpha value is 1.16. The standard InChI is InChI=1S/C5H9BF3O.K/c7-6(8,9)4-2-1-3-5-10;/h5H,1-4H2;/q-1;+1. The minimum Gasteiger partial charge on any atom is -0.449 e. The van der Waals surface area contributed by atoms with E-state index in [-0.39, 0.29) is 64.2 Å². The van der Waals surface area contributed by atoms with Crippen LogP contribution in [0.4, 0.5) is 12.9 Å². The van der Waals surface area contributed by atoms with Crippen LogP contribution in [0.15, 0.2) is 0 Å². The third kappa shape index (κ3) is 14.1. The van der Waals surface area contributed by atoms with Gasteiger partial charge in [-0.05, 0) is 6.42 Å². The van der Waals surface area contributed by atoms with Crippen LogP contribution in [0.2, 0.25) is 6.32 Å². The van der Waals surface area contributed by atoms with Crippen LogP contribution in [0, 0.1) is 0 Å². The van der Waals surface area contributed by atoms with Gasteiger partial charge in [-0.3, -0.25) is 0 Å². The molecule has 0 aliphatic heterocycles. The first kappa shape index (κ1) is 14.7. The van der Waals surface area contributed by atoms with Gasteiger partial charge in [-0.2, -0.15) is 0 Å². The van der Waals surface area contributed by atoms with E-state index in [0.29, 0.717) is 12.7 Å². The van der Waals surface area contributed by atoms with Crippen molar-refractivity contribution in [3.63, 3.8) is 0 Å². The monoisotopic (exact) mass is 192 g/mol. The minimum atomic E-state index is -4.63. The second kappa shape index (κ2) is 7.79. The first-order valence-corrected chi connectivity index (χ1v) is 3.21. The fourth-order valence-corrected chi connectivity index (χ4v) is 0.603. The van der Waals surface area contributed by atoms with Crippen LogP contribution >= 0.6 is 0 Å². The van der Waals surface area contributed by atoms with Crippen molar-refractivity contribution < 1.29 is 69.1 Å². The molecule has 0 radical (unpaired) electrons. The number of unbranched alkanes of at least 4 members (excludes halogenated alkanes) is 2. The van der Waals surface area contributed by atoms with Gasteiger partial charge in [-0.15, -0.1) is 0 Å². The number of carbonyl (C=O) groups excluding carboxylic acids is 1. The Bertz CT molecular complexity index is 106. The average molecular weight is 192 g/mol. The van der Waals surface area contributed by atoms with Gasteiger partial charge in [0.25, 0.3) is 0 Å². The van der Waals surface area contributed by atoms with Crippen LogP contribution in [0.25, 0.3) is 0 Å². The van der Waals surface area contributed by atoms with E-state index in [4.69, 9.17) is 0 Å². The number of hydrogen-bond acceptors (Lipinski definition) is 1. The van der Waals surface area contributed by atoms with Gasteiger partial charge in [-0.25, -0.2) is 0 Å². The third-order valence-corrected chi connectivity index (χ3v) is 1.10. The van der Waals surface area contributed by atoms with Gasteiger partial charge in [0.05, 0.1) is 0 Å². The summed E-state index contributed by atoms with van der Waals surface area (Å²) in [5.41, 5.74) is 0. The Morgan fingerprint density at radius 3 is 2.09 bits per heavy atom. The summed E-state index contributed by atoms with van der Waals surface area (Å²) in [6.07, 6.45) is 0.608. The van der Waals surface area contributed by atoms with E-state index >= 15 is 0 Å². The Labute approximate surface area is 107 Å². The average Bonchev–Trinajstić information content (AvgIpc) is 1.78. The second-order valence-corrected chi connectivity index (χ2v) is 2.16. The van der Waals surface area contributed by atoms with E-state index in [1.807, 2.05) is 0 Å². The maximum Gasteiger partial charge on any atom is 1.00 e. The van der Waals surface area contributed by atoms with Crippen molar-refractivity contribution in [3.8, 4) is 0 Å². The van der Waals surface area contributed by atoms with Crippen molar-refractivity contribution in [2.45, 2.75) is 25.6 Å². The smallest absolute Gasteiger partial charge is 0.449 e. The molecule has 0 unspecified atom stereocenters. The molecular formula is C5H9BF3KO. The Balaban J connectivity index is 0. The fraction of sp³-hybridized carbons (Fsp3) is 0.800. The normalized spacial score (nSPS) is 10.5. The van der Waals surface area contributed by atoms with Crippen molar-refractivity contribution in [2.75, 3.05) is 0 Å². The zero-order valence-corrected chi connectivity index (χ0v) is 9.65. The molecule has 0 aromatic heterocycles. The first-order valence-electron chi connectivity index (χ1n) is 3.21. The molecule has 0 aromatic rings. The van der Waals surface area contributed by atoms with Gasteiger partial charge in [0.15, 0.2) is 0 Å². The summed E-state index contributed by atoms with van der Waals surface area (Å²) >= 11 is 0. The summed E-state index contributed by atoms with van der Waals surface area (Å²) in [7, 11) is 0. The number of halogens is 3. The number of aldehydes is 1. The first-order chi connectivity index (χ1) is 4.56. The van der Waals surface area contributed by atoms with E-state index in [1.165, 1.54) is 0 Å². The maximum absolute atomic E-state index is 11.5. The molecule has 0 amide bonds. The van der Waals surface area contributed by atoms with Crippen LogP contribution in [0.5, 0.6) is 0 Å². The van der Waals surface area contributed by atoms with Gasteiger partial charge in [-0.1, -0.05) is 12.7 Å². The molecule has 1 nitrogen and oxygen atoms in total. The topological polar surface area (TPSA) is 17.1 Å². The van der Waals surface area contributed by atoms with Crippen LogP contribution in [-0.4, -0.2) is 13.3 Å². The zero-order chi connectivity index (χ0) is 8.04. The van der Waals surface area contributed by atoms with Gasteiger partial charge < -0.3 is 17.7 Å². The van der Waals surface area contributed by atoms with Crippen molar-refractivity contribution in [1.29, 1.82) is 0 Å². The van der Waals surface area contributed by atoms with Crippen LogP contribution in [-0.2, 0) is 4.79 Å². The van der Waals surface area contributed by atoms with Crippen LogP contribution < -0.4 is 51.4 Å².